The van der Waals surface area contributed by atoms with Crippen molar-refractivity contribution in [3.05, 3.63) is 45.8 Å². The molecule has 0 aliphatic rings. The number of hydrogen-bond donors (Lipinski definition) is 2. The first kappa shape index (κ1) is 15.5. The number of carbonyl (C=O) groups is 1. The lowest BCUT2D eigenvalue weighted by molar-refractivity contribution is 0.0696. The molecule has 0 unspecified atom stereocenters. The minimum atomic E-state index is -3.71. The van der Waals surface area contributed by atoms with E-state index in [1.54, 1.807) is 6.92 Å². The molecule has 0 amide bonds. The zero-order valence-electron chi connectivity index (χ0n) is 10.8. The van der Waals surface area contributed by atoms with Gasteiger partial charge in [0, 0.05) is 16.2 Å². The van der Waals surface area contributed by atoms with Gasteiger partial charge in [0.1, 0.15) is 17.2 Å². The van der Waals surface area contributed by atoms with Crippen LogP contribution >= 0.6 is 15.9 Å². The smallest absolute Gasteiger partial charge is 0.336 e. The van der Waals surface area contributed by atoms with Crippen LogP contribution in [0.1, 0.15) is 21.8 Å². The highest BCUT2D eigenvalue weighted by Gasteiger charge is 2.16. The van der Waals surface area contributed by atoms with E-state index < -0.39 is 16.0 Å². The molecule has 2 aromatic rings. The van der Waals surface area contributed by atoms with Gasteiger partial charge in [0.15, 0.2) is 0 Å². The van der Waals surface area contributed by atoms with Crippen molar-refractivity contribution in [1.29, 1.82) is 0 Å². The largest absolute Gasteiger partial charge is 0.478 e. The standard InChI is InChI=1S/C12H11BrN2O5S/c1-7-4-9(14-20-7)6-21(18,19)15-8-2-3-11(13)10(5-8)12(16)17/h2-5,15H,6H2,1H3,(H,16,17). The Bertz CT molecular complexity index is 785. The second kappa shape index (κ2) is 5.86. The SMILES string of the molecule is Cc1cc(CS(=O)(=O)Nc2ccc(Br)c(C(=O)O)c2)no1. The summed E-state index contributed by atoms with van der Waals surface area (Å²) in [6, 6.07) is 5.67. The minimum absolute atomic E-state index is 0.0347. The van der Waals surface area contributed by atoms with Gasteiger partial charge in [0.05, 0.1) is 5.56 Å². The molecule has 0 radical (unpaired) electrons. The van der Waals surface area contributed by atoms with E-state index in [2.05, 4.69) is 25.8 Å². The first-order valence-corrected chi connectivity index (χ1v) is 8.17. The minimum Gasteiger partial charge on any atom is -0.478 e. The Morgan fingerprint density at radius 2 is 2.14 bits per heavy atom. The number of halogens is 1. The number of benzene rings is 1. The van der Waals surface area contributed by atoms with Crippen LogP contribution in [0.15, 0.2) is 33.3 Å². The molecule has 112 valence electrons. The summed E-state index contributed by atoms with van der Waals surface area (Å²) >= 11 is 3.09. The van der Waals surface area contributed by atoms with Gasteiger partial charge < -0.3 is 9.63 Å². The van der Waals surface area contributed by atoms with Gasteiger partial charge in [-0.3, -0.25) is 4.72 Å². The lowest BCUT2D eigenvalue weighted by Crippen LogP contribution is -2.15. The molecule has 2 rings (SSSR count). The molecule has 0 saturated carbocycles. The van der Waals surface area contributed by atoms with Crippen LogP contribution in [0, 0.1) is 6.92 Å². The molecule has 0 aliphatic carbocycles. The summed E-state index contributed by atoms with van der Waals surface area (Å²) in [5.41, 5.74) is 0.402. The zero-order chi connectivity index (χ0) is 15.6. The van der Waals surface area contributed by atoms with Crippen LogP contribution in [0.3, 0.4) is 0 Å². The summed E-state index contributed by atoms with van der Waals surface area (Å²) < 4.78 is 31.5. The third-order valence-corrected chi connectivity index (χ3v) is 4.40. The first-order chi connectivity index (χ1) is 9.77. The number of aromatic nitrogens is 1. The first-order valence-electron chi connectivity index (χ1n) is 5.72. The molecule has 2 N–H and O–H groups in total. The molecular formula is C12H11BrN2O5S. The van der Waals surface area contributed by atoms with Crippen LogP contribution in [0.4, 0.5) is 5.69 Å². The van der Waals surface area contributed by atoms with Crippen molar-refractivity contribution in [2.75, 3.05) is 4.72 Å². The third kappa shape index (κ3) is 4.05. The van der Waals surface area contributed by atoms with E-state index in [1.807, 2.05) is 0 Å². The predicted molar refractivity (Wildman–Crippen MR) is 78.6 cm³/mol. The van der Waals surface area contributed by atoms with Gasteiger partial charge in [-0.25, -0.2) is 13.2 Å². The van der Waals surface area contributed by atoms with Crippen molar-refractivity contribution in [3.63, 3.8) is 0 Å². The van der Waals surface area contributed by atoms with Gasteiger partial charge in [-0.2, -0.15) is 0 Å². The van der Waals surface area contributed by atoms with E-state index in [9.17, 15) is 13.2 Å². The van der Waals surface area contributed by atoms with Crippen LogP contribution < -0.4 is 4.72 Å². The number of aromatic carboxylic acids is 1. The number of nitrogens with zero attached hydrogens (tertiary/aromatic N) is 1. The molecule has 1 aromatic carbocycles. The Morgan fingerprint density at radius 3 is 2.71 bits per heavy atom. The number of aryl methyl sites for hydroxylation is 1. The summed E-state index contributed by atoms with van der Waals surface area (Å²) in [6.45, 7) is 1.66. The lowest BCUT2D eigenvalue weighted by atomic mass is 10.2. The molecule has 0 fully saturated rings. The van der Waals surface area contributed by atoms with Crippen molar-refractivity contribution >= 4 is 37.6 Å². The van der Waals surface area contributed by atoms with Gasteiger partial charge in [0.2, 0.25) is 10.0 Å². The number of nitrogens with one attached hydrogen (secondary N) is 1. The maximum Gasteiger partial charge on any atom is 0.336 e. The summed E-state index contributed by atoms with van der Waals surface area (Å²) in [6.07, 6.45) is 0. The van der Waals surface area contributed by atoms with Gasteiger partial charge in [-0.05, 0) is 41.1 Å². The van der Waals surface area contributed by atoms with Gasteiger partial charge in [-0.15, -0.1) is 0 Å². The monoisotopic (exact) mass is 374 g/mol. The molecule has 0 bridgehead atoms. The number of rotatable bonds is 5. The zero-order valence-corrected chi connectivity index (χ0v) is 13.2. The van der Waals surface area contributed by atoms with Crippen molar-refractivity contribution in [2.24, 2.45) is 0 Å². The van der Waals surface area contributed by atoms with Crippen LogP contribution in [0.5, 0.6) is 0 Å². The molecular weight excluding hydrogens is 364 g/mol. The summed E-state index contributed by atoms with van der Waals surface area (Å²) in [5.74, 6) is -1.00. The van der Waals surface area contributed by atoms with Crippen molar-refractivity contribution in [1.82, 2.24) is 5.16 Å². The Hall–Kier alpha value is -1.87. The van der Waals surface area contributed by atoms with E-state index in [-0.39, 0.29) is 22.7 Å². The fourth-order valence-corrected chi connectivity index (χ4v) is 3.15. The molecule has 9 heteroatoms. The highest BCUT2D eigenvalue weighted by atomic mass is 79.9. The number of hydrogen-bond acceptors (Lipinski definition) is 5. The molecule has 0 spiro atoms. The van der Waals surface area contributed by atoms with Gasteiger partial charge >= 0.3 is 5.97 Å². The number of anilines is 1. The van der Waals surface area contributed by atoms with Crippen LogP contribution in [0.25, 0.3) is 0 Å². The van der Waals surface area contributed by atoms with E-state index >= 15 is 0 Å². The number of sulfonamides is 1. The third-order valence-electron chi connectivity index (χ3n) is 2.48. The van der Waals surface area contributed by atoms with Gasteiger partial charge in [0.25, 0.3) is 0 Å². The Kier molecular flexibility index (Phi) is 4.33. The number of carboxylic acids is 1. The average Bonchev–Trinajstić information content (AvgIpc) is 2.75. The molecule has 0 saturated heterocycles. The molecule has 1 aromatic heterocycles. The molecule has 0 atom stereocenters. The fraction of sp³-hybridized carbons (Fsp3) is 0.167. The van der Waals surface area contributed by atoms with E-state index in [0.29, 0.717) is 10.2 Å². The maximum absolute atomic E-state index is 12.0. The Labute approximate surface area is 129 Å². The predicted octanol–water partition coefficient (Wildman–Crippen LogP) is 2.39. The lowest BCUT2D eigenvalue weighted by Gasteiger charge is -2.08. The van der Waals surface area contributed by atoms with E-state index in [4.69, 9.17) is 9.63 Å². The molecule has 7 nitrogen and oxygen atoms in total. The summed E-state index contributed by atoms with van der Waals surface area (Å²) in [7, 11) is -3.71. The Balaban J connectivity index is 2.20. The number of carboxylic acid groups (broad SMARTS) is 1. The Morgan fingerprint density at radius 1 is 1.43 bits per heavy atom. The summed E-state index contributed by atoms with van der Waals surface area (Å²) in [4.78, 5) is 11.0. The van der Waals surface area contributed by atoms with Crippen molar-refractivity contribution in [2.45, 2.75) is 12.7 Å². The molecule has 21 heavy (non-hydrogen) atoms. The fourth-order valence-electron chi connectivity index (χ4n) is 1.65. The topological polar surface area (TPSA) is 110 Å². The summed E-state index contributed by atoms with van der Waals surface area (Å²) in [5, 5.41) is 12.6. The van der Waals surface area contributed by atoms with Crippen LogP contribution in [0.2, 0.25) is 0 Å². The van der Waals surface area contributed by atoms with E-state index in [0.717, 1.165) is 0 Å². The average molecular weight is 375 g/mol. The van der Waals surface area contributed by atoms with Crippen molar-refractivity contribution < 1.29 is 22.8 Å². The maximum atomic E-state index is 12.0. The van der Waals surface area contributed by atoms with Crippen LogP contribution in [-0.4, -0.2) is 24.7 Å². The van der Waals surface area contributed by atoms with Crippen LogP contribution in [-0.2, 0) is 15.8 Å². The second-order valence-electron chi connectivity index (χ2n) is 4.29. The van der Waals surface area contributed by atoms with Crippen molar-refractivity contribution in [3.8, 4) is 0 Å². The normalized spacial score (nSPS) is 11.3. The van der Waals surface area contributed by atoms with E-state index in [1.165, 1.54) is 24.3 Å². The quantitative estimate of drug-likeness (QED) is 0.831. The molecule has 0 aliphatic heterocycles. The van der Waals surface area contributed by atoms with Gasteiger partial charge in [-0.1, -0.05) is 5.16 Å². The second-order valence-corrected chi connectivity index (χ2v) is 6.87. The highest BCUT2D eigenvalue weighted by Crippen LogP contribution is 2.22. The highest BCUT2D eigenvalue weighted by molar-refractivity contribution is 9.10. The molecule has 1 heterocycles.